The summed E-state index contributed by atoms with van der Waals surface area (Å²) in [5.74, 6) is 1.72. The largest absolute Gasteiger partial charge is 0.487 e. The molecule has 1 aliphatic carbocycles. The number of hydrogen-bond acceptors (Lipinski definition) is 1. The first-order chi connectivity index (χ1) is 8.41. The minimum absolute atomic E-state index is 0.0303. The molecule has 2 atom stereocenters. The van der Waals surface area contributed by atoms with Crippen LogP contribution in [0.5, 0.6) is 5.75 Å². The molecular formula is C16H21BrO. The van der Waals surface area contributed by atoms with Crippen LogP contribution >= 0.6 is 15.9 Å². The van der Waals surface area contributed by atoms with E-state index in [4.69, 9.17) is 4.74 Å². The Kier molecular flexibility index (Phi) is 2.78. The number of ether oxygens (including phenoxy) is 1. The maximum atomic E-state index is 6.39. The average Bonchev–Trinajstić information content (AvgIpc) is 2.27. The third-order valence-electron chi connectivity index (χ3n) is 4.96. The van der Waals surface area contributed by atoms with Crippen molar-refractivity contribution in [2.45, 2.75) is 52.1 Å². The minimum Gasteiger partial charge on any atom is -0.487 e. The zero-order valence-electron chi connectivity index (χ0n) is 11.4. The first kappa shape index (κ1) is 12.5. The van der Waals surface area contributed by atoms with Gasteiger partial charge in [-0.25, -0.2) is 0 Å². The second kappa shape index (κ2) is 4.00. The fourth-order valence-electron chi connectivity index (χ4n) is 3.96. The van der Waals surface area contributed by atoms with Crippen molar-refractivity contribution in [1.82, 2.24) is 0 Å². The lowest BCUT2D eigenvalue weighted by atomic mass is 9.59. The Bertz CT molecular complexity index is 480. The SMILES string of the molecule is CC1(C)CCC[C@]2(C)Oc3ccc(Br)cc3C[C@@H]12. The molecule has 18 heavy (non-hydrogen) atoms. The molecule has 1 aliphatic heterocycles. The summed E-state index contributed by atoms with van der Waals surface area (Å²) in [6.45, 7) is 7.12. The van der Waals surface area contributed by atoms with Gasteiger partial charge in [0.1, 0.15) is 11.4 Å². The van der Waals surface area contributed by atoms with E-state index >= 15 is 0 Å². The van der Waals surface area contributed by atoms with E-state index in [-0.39, 0.29) is 5.60 Å². The molecule has 3 rings (SSSR count). The predicted octanol–water partition coefficient (Wildman–Crippen LogP) is 4.97. The molecule has 1 nitrogen and oxygen atoms in total. The number of halogens is 1. The van der Waals surface area contributed by atoms with Crippen LogP contribution in [0.4, 0.5) is 0 Å². The summed E-state index contributed by atoms with van der Waals surface area (Å²) >= 11 is 3.56. The van der Waals surface area contributed by atoms with Gasteiger partial charge in [-0.15, -0.1) is 0 Å². The van der Waals surface area contributed by atoms with Crippen LogP contribution in [0.15, 0.2) is 22.7 Å². The Morgan fingerprint density at radius 3 is 2.78 bits per heavy atom. The second-order valence-electron chi connectivity index (χ2n) is 6.77. The third-order valence-corrected chi connectivity index (χ3v) is 5.46. The highest BCUT2D eigenvalue weighted by Gasteiger charge is 2.50. The lowest BCUT2D eigenvalue weighted by Crippen LogP contribution is -2.53. The van der Waals surface area contributed by atoms with Crippen molar-refractivity contribution in [2.24, 2.45) is 11.3 Å². The molecule has 0 radical (unpaired) electrons. The van der Waals surface area contributed by atoms with Crippen LogP contribution < -0.4 is 4.74 Å². The molecule has 1 heterocycles. The number of hydrogen-bond donors (Lipinski definition) is 0. The lowest BCUT2D eigenvalue weighted by molar-refractivity contribution is -0.0815. The van der Waals surface area contributed by atoms with Crippen molar-refractivity contribution in [3.8, 4) is 5.75 Å². The van der Waals surface area contributed by atoms with E-state index in [1.54, 1.807) is 0 Å². The maximum Gasteiger partial charge on any atom is 0.123 e. The zero-order valence-corrected chi connectivity index (χ0v) is 13.0. The van der Waals surface area contributed by atoms with Gasteiger partial charge in [-0.1, -0.05) is 29.8 Å². The minimum atomic E-state index is 0.0303. The number of rotatable bonds is 0. The van der Waals surface area contributed by atoms with Crippen LogP contribution in [0, 0.1) is 11.3 Å². The molecule has 0 saturated heterocycles. The van der Waals surface area contributed by atoms with Crippen molar-refractivity contribution >= 4 is 15.9 Å². The average molecular weight is 309 g/mol. The highest BCUT2D eigenvalue weighted by molar-refractivity contribution is 9.10. The summed E-state index contributed by atoms with van der Waals surface area (Å²) in [5.41, 5.74) is 1.78. The Labute approximate surface area is 118 Å². The van der Waals surface area contributed by atoms with Gasteiger partial charge >= 0.3 is 0 Å². The van der Waals surface area contributed by atoms with Gasteiger partial charge in [-0.3, -0.25) is 0 Å². The molecule has 0 N–H and O–H groups in total. The van der Waals surface area contributed by atoms with Crippen LogP contribution in [-0.2, 0) is 6.42 Å². The first-order valence-electron chi connectivity index (χ1n) is 6.88. The zero-order chi connectivity index (χ0) is 13.0. The standard InChI is InChI=1S/C16H21BrO/c1-15(2)7-4-8-16(3)14(15)10-11-9-12(17)5-6-13(11)18-16/h5-6,9,14H,4,7-8,10H2,1-3H3/t14-,16-/m0/s1. The molecule has 0 amide bonds. The Hall–Kier alpha value is -0.500. The second-order valence-corrected chi connectivity index (χ2v) is 7.68. The van der Waals surface area contributed by atoms with E-state index in [0.717, 1.165) is 16.6 Å². The van der Waals surface area contributed by atoms with Gasteiger partial charge in [-0.2, -0.15) is 0 Å². The molecule has 2 aliphatic rings. The topological polar surface area (TPSA) is 9.23 Å². The molecule has 1 aromatic rings. The van der Waals surface area contributed by atoms with Gasteiger partial charge in [-0.05, 0) is 61.8 Å². The van der Waals surface area contributed by atoms with E-state index < -0.39 is 0 Å². The van der Waals surface area contributed by atoms with Crippen LogP contribution in [0.1, 0.15) is 45.6 Å². The quantitative estimate of drug-likeness (QED) is 0.657. The van der Waals surface area contributed by atoms with Crippen molar-refractivity contribution in [2.75, 3.05) is 0 Å². The third kappa shape index (κ3) is 1.89. The lowest BCUT2D eigenvalue weighted by Gasteiger charge is -2.53. The molecule has 98 valence electrons. The molecular weight excluding hydrogens is 288 g/mol. The van der Waals surface area contributed by atoms with Gasteiger partial charge in [0.25, 0.3) is 0 Å². The molecule has 1 aromatic carbocycles. The van der Waals surface area contributed by atoms with Crippen molar-refractivity contribution < 1.29 is 4.74 Å². The summed E-state index contributed by atoms with van der Waals surface area (Å²) in [5, 5.41) is 0. The highest BCUT2D eigenvalue weighted by atomic mass is 79.9. The molecule has 0 aromatic heterocycles. The van der Waals surface area contributed by atoms with E-state index in [9.17, 15) is 0 Å². The summed E-state index contributed by atoms with van der Waals surface area (Å²) in [6.07, 6.45) is 4.95. The molecule has 1 saturated carbocycles. The van der Waals surface area contributed by atoms with E-state index in [0.29, 0.717) is 11.3 Å². The Morgan fingerprint density at radius 2 is 2.00 bits per heavy atom. The molecule has 0 unspecified atom stereocenters. The first-order valence-corrected chi connectivity index (χ1v) is 7.67. The normalized spacial score (nSPS) is 33.2. The summed E-state index contributed by atoms with van der Waals surface area (Å²) in [6, 6.07) is 6.42. The monoisotopic (exact) mass is 308 g/mol. The van der Waals surface area contributed by atoms with Gasteiger partial charge in [0, 0.05) is 10.4 Å². The van der Waals surface area contributed by atoms with Crippen molar-refractivity contribution in [1.29, 1.82) is 0 Å². The van der Waals surface area contributed by atoms with Crippen molar-refractivity contribution in [3.63, 3.8) is 0 Å². The van der Waals surface area contributed by atoms with E-state index in [1.165, 1.54) is 24.8 Å². The van der Waals surface area contributed by atoms with Gasteiger partial charge < -0.3 is 4.74 Å². The van der Waals surface area contributed by atoms with Gasteiger partial charge in [0.05, 0.1) is 0 Å². The molecule has 0 bridgehead atoms. The number of fused-ring (bicyclic) bond motifs is 2. The van der Waals surface area contributed by atoms with Crippen LogP contribution in [0.2, 0.25) is 0 Å². The molecule has 1 fully saturated rings. The van der Waals surface area contributed by atoms with Crippen LogP contribution in [-0.4, -0.2) is 5.60 Å². The van der Waals surface area contributed by atoms with Gasteiger partial charge in [0.2, 0.25) is 0 Å². The van der Waals surface area contributed by atoms with Gasteiger partial charge in [0.15, 0.2) is 0 Å². The fraction of sp³-hybridized carbons (Fsp3) is 0.625. The predicted molar refractivity (Wildman–Crippen MR) is 78.0 cm³/mol. The van der Waals surface area contributed by atoms with Crippen LogP contribution in [0.25, 0.3) is 0 Å². The van der Waals surface area contributed by atoms with Crippen LogP contribution in [0.3, 0.4) is 0 Å². The summed E-state index contributed by atoms with van der Waals surface area (Å²) in [4.78, 5) is 0. The fourth-order valence-corrected chi connectivity index (χ4v) is 4.37. The van der Waals surface area contributed by atoms with Crippen molar-refractivity contribution in [3.05, 3.63) is 28.2 Å². The summed E-state index contributed by atoms with van der Waals surface area (Å²) < 4.78 is 7.55. The number of benzene rings is 1. The molecule has 0 spiro atoms. The summed E-state index contributed by atoms with van der Waals surface area (Å²) in [7, 11) is 0. The maximum absolute atomic E-state index is 6.39. The van der Waals surface area contributed by atoms with E-state index in [1.807, 2.05) is 0 Å². The molecule has 2 heteroatoms. The Balaban J connectivity index is 2.04. The van der Waals surface area contributed by atoms with E-state index in [2.05, 4.69) is 54.9 Å². The smallest absolute Gasteiger partial charge is 0.123 e. The highest BCUT2D eigenvalue weighted by Crippen LogP contribution is 2.53. The Morgan fingerprint density at radius 1 is 1.22 bits per heavy atom.